The number of nitrogens with one attached hydrogen (secondary N) is 1. The van der Waals surface area contributed by atoms with E-state index in [2.05, 4.69) is 5.32 Å². The van der Waals surface area contributed by atoms with Gasteiger partial charge in [-0.25, -0.2) is 0 Å². The van der Waals surface area contributed by atoms with Crippen LogP contribution in [0, 0.1) is 6.92 Å². The molecule has 136 valence electrons. The highest BCUT2D eigenvalue weighted by Crippen LogP contribution is 2.22. The number of carbonyl (C=O) groups is 2. The summed E-state index contributed by atoms with van der Waals surface area (Å²) in [6.07, 6.45) is 0.294. The summed E-state index contributed by atoms with van der Waals surface area (Å²) in [6.45, 7) is 2.37. The van der Waals surface area contributed by atoms with Crippen molar-refractivity contribution in [2.45, 2.75) is 19.4 Å². The van der Waals surface area contributed by atoms with Crippen molar-refractivity contribution >= 4 is 17.5 Å². The average Bonchev–Trinajstić information content (AvgIpc) is 3.01. The maximum Gasteiger partial charge on any atom is 0.258 e. The molecule has 1 aliphatic rings. The summed E-state index contributed by atoms with van der Waals surface area (Å²) in [6, 6.07) is 14.6. The highest BCUT2D eigenvalue weighted by atomic mass is 16.5. The summed E-state index contributed by atoms with van der Waals surface area (Å²) in [5, 5.41) is 2.86. The summed E-state index contributed by atoms with van der Waals surface area (Å²) in [5.74, 6) is 1.08. The molecule has 26 heavy (non-hydrogen) atoms. The fourth-order valence-corrected chi connectivity index (χ4v) is 2.87. The van der Waals surface area contributed by atoms with Gasteiger partial charge in [-0.2, -0.15) is 0 Å². The van der Waals surface area contributed by atoms with E-state index in [0.717, 1.165) is 17.0 Å². The van der Waals surface area contributed by atoms with Gasteiger partial charge in [0.15, 0.2) is 6.61 Å². The van der Waals surface area contributed by atoms with E-state index in [4.69, 9.17) is 9.47 Å². The predicted octanol–water partition coefficient (Wildman–Crippen LogP) is 2.30. The summed E-state index contributed by atoms with van der Waals surface area (Å²) in [5.41, 5.74) is 1.99. The van der Waals surface area contributed by atoms with Gasteiger partial charge in [0.05, 0.1) is 13.2 Å². The van der Waals surface area contributed by atoms with E-state index in [9.17, 15) is 9.59 Å². The zero-order valence-corrected chi connectivity index (χ0v) is 14.9. The monoisotopic (exact) mass is 354 g/mol. The van der Waals surface area contributed by atoms with Crippen molar-refractivity contribution in [3.05, 3.63) is 54.1 Å². The molecule has 1 saturated heterocycles. The van der Waals surface area contributed by atoms with Crippen molar-refractivity contribution in [2.24, 2.45) is 0 Å². The quantitative estimate of drug-likeness (QED) is 0.864. The van der Waals surface area contributed by atoms with Crippen molar-refractivity contribution in [2.75, 3.05) is 25.2 Å². The molecule has 0 aliphatic carbocycles. The van der Waals surface area contributed by atoms with Gasteiger partial charge in [0.25, 0.3) is 5.91 Å². The molecule has 1 atom stereocenters. The third kappa shape index (κ3) is 4.33. The summed E-state index contributed by atoms with van der Waals surface area (Å²) >= 11 is 0. The lowest BCUT2D eigenvalue weighted by atomic mass is 10.2. The number of aryl methyl sites for hydroxylation is 1. The molecule has 2 amide bonds. The largest absolute Gasteiger partial charge is 0.497 e. The Morgan fingerprint density at radius 2 is 1.77 bits per heavy atom. The van der Waals surface area contributed by atoms with E-state index in [0.29, 0.717) is 18.7 Å². The maximum atomic E-state index is 12.2. The molecule has 1 aliphatic heterocycles. The number of hydrogen-bond donors (Lipinski definition) is 1. The lowest BCUT2D eigenvalue weighted by Gasteiger charge is -2.17. The molecule has 6 nitrogen and oxygen atoms in total. The van der Waals surface area contributed by atoms with Crippen LogP contribution in [-0.2, 0) is 9.59 Å². The van der Waals surface area contributed by atoms with E-state index in [1.807, 2.05) is 31.2 Å². The van der Waals surface area contributed by atoms with E-state index in [1.165, 1.54) is 0 Å². The summed E-state index contributed by atoms with van der Waals surface area (Å²) in [4.78, 5) is 26.0. The highest BCUT2D eigenvalue weighted by Gasteiger charge is 2.31. The molecule has 0 spiro atoms. The van der Waals surface area contributed by atoms with Gasteiger partial charge in [-0.3, -0.25) is 9.59 Å². The topological polar surface area (TPSA) is 67.9 Å². The van der Waals surface area contributed by atoms with Crippen LogP contribution in [0.1, 0.15) is 12.0 Å². The smallest absolute Gasteiger partial charge is 0.258 e. The second kappa shape index (κ2) is 7.91. The molecular formula is C20H22N2O4. The first-order valence-electron chi connectivity index (χ1n) is 8.48. The number of ether oxygens (including phenoxy) is 2. The Kier molecular flexibility index (Phi) is 5.41. The minimum absolute atomic E-state index is 0.00947. The molecule has 0 bridgehead atoms. The van der Waals surface area contributed by atoms with Gasteiger partial charge in [-0.15, -0.1) is 0 Å². The number of methoxy groups -OCH3 is 1. The van der Waals surface area contributed by atoms with Crippen LogP contribution in [-0.4, -0.2) is 38.1 Å². The van der Waals surface area contributed by atoms with E-state index < -0.39 is 0 Å². The molecule has 2 aromatic rings. The Bertz CT molecular complexity index is 771. The number of rotatable bonds is 6. The fourth-order valence-electron chi connectivity index (χ4n) is 2.87. The molecule has 2 aromatic carbocycles. The zero-order chi connectivity index (χ0) is 18.5. The number of carbonyl (C=O) groups excluding carboxylic acids is 2. The second-order valence-corrected chi connectivity index (χ2v) is 6.27. The van der Waals surface area contributed by atoms with Gasteiger partial charge in [-0.1, -0.05) is 17.7 Å². The minimum atomic E-state index is -0.246. The number of nitrogens with zero attached hydrogens (tertiary/aromatic N) is 1. The van der Waals surface area contributed by atoms with Crippen LogP contribution in [0.25, 0.3) is 0 Å². The van der Waals surface area contributed by atoms with Gasteiger partial charge in [0, 0.05) is 18.7 Å². The second-order valence-electron chi connectivity index (χ2n) is 6.27. The number of anilines is 1. The molecule has 6 heteroatoms. The SMILES string of the molecule is COc1ccc(OCC(=O)NC2CC(=O)N(c3ccc(C)cc3)C2)cc1. The molecule has 0 aromatic heterocycles. The molecule has 0 radical (unpaired) electrons. The van der Waals surface area contributed by atoms with E-state index >= 15 is 0 Å². The Balaban J connectivity index is 1.50. The predicted molar refractivity (Wildman–Crippen MR) is 98.6 cm³/mol. The number of amides is 2. The Morgan fingerprint density at radius 1 is 1.12 bits per heavy atom. The van der Waals surface area contributed by atoms with Crippen molar-refractivity contribution in [1.82, 2.24) is 5.32 Å². The molecule has 1 fully saturated rings. The first-order valence-corrected chi connectivity index (χ1v) is 8.48. The van der Waals surface area contributed by atoms with Crippen molar-refractivity contribution in [3.8, 4) is 11.5 Å². The average molecular weight is 354 g/mol. The lowest BCUT2D eigenvalue weighted by molar-refractivity contribution is -0.123. The van der Waals surface area contributed by atoms with Gasteiger partial charge in [0.2, 0.25) is 5.91 Å². The first kappa shape index (κ1) is 17.8. The Morgan fingerprint density at radius 3 is 2.42 bits per heavy atom. The third-order valence-corrected chi connectivity index (χ3v) is 4.27. The first-order chi connectivity index (χ1) is 12.5. The molecule has 0 saturated carbocycles. The Labute approximate surface area is 152 Å². The van der Waals surface area contributed by atoms with Crippen LogP contribution >= 0.6 is 0 Å². The van der Waals surface area contributed by atoms with Gasteiger partial charge in [0.1, 0.15) is 11.5 Å². The van der Waals surface area contributed by atoms with E-state index in [1.54, 1.807) is 36.3 Å². The van der Waals surface area contributed by atoms with Crippen molar-refractivity contribution in [3.63, 3.8) is 0 Å². The van der Waals surface area contributed by atoms with Gasteiger partial charge >= 0.3 is 0 Å². The molecule has 1 heterocycles. The van der Waals surface area contributed by atoms with Crippen molar-refractivity contribution in [1.29, 1.82) is 0 Å². The van der Waals surface area contributed by atoms with Crippen LogP contribution in [0.3, 0.4) is 0 Å². The number of hydrogen-bond acceptors (Lipinski definition) is 4. The molecule has 1 N–H and O–H groups in total. The molecule has 1 unspecified atom stereocenters. The zero-order valence-electron chi connectivity index (χ0n) is 14.9. The number of benzene rings is 2. The van der Waals surface area contributed by atoms with Crippen molar-refractivity contribution < 1.29 is 19.1 Å². The van der Waals surface area contributed by atoms with Gasteiger partial charge < -0.3 is 19.7 Å². The van der Waals surface area contributed by atoms with E-state index in [-0.39, 0.29) is 24.5 Å². The standard InChI is InChI=1S/C20H22N2O4/c1-14-3-5-16(6-4-14)22-12-15(11-20(22)24)21-19(23)13-26-18-9-7-17(25-2)8-10-18/h3-10,15H,11-13H2,1-2H3,(H,21,23). The van der Waals surface area contributed by atoms with Crippen LogP contribution < -0.4 is 19.7 Å². The molecular weight excluding hydrogens is 332 g/mol. The normalized spacial score (nSPS) is 16.5. The lowest BCUT2D eigenvalue weighted by Crippen LogP contribution is -2.39. The maximum absolute atomic E-state index is 12.2. The summed E-state index contributed by atoms with van der Waals surface area (Å²) in [7, 11) is 1.59. The van der Waals surface area contributed by atoms with Crippen LogP contribution in [0.4, 0.5) is 5.69 Å². The van der Waals surface area contributed by atoms with Gasteiger partial charge in [-0.05, 0) is 43.3 Å². The minimum Gasteiger partial charge on any atom is -0.497 e. The third-order valence-electron chi connectivity index (χ3n) is 4.27. The molecule has 3 rings (SSSR count). The van der Waals surface area contributed by atoms with Crippen LogP contribution in [0.2, 0.25) is 0 Å². The Hall–Kier alpha value is -3.02. The van der Waals surface area contributed by atoms with Crippen LogP contribution in [0.15, 0.2) is 48.5 Å². The highest BCUT2D eigenvalue weighted by molar-refractivity contribution is 5.96. The summed E-state index contributed by atoms with van der Waals surface area (Å²) < 4.78 is 10.5. The fraction of sp³-hybridized carbons (Fsp3) is 0.300. The van der Waals surface area contributed by atoms with Crippen LogP contribution in [0.5, 0.6) is 11.5 Å².